The van der Waals surface area contributed by atoms with Gasteiger partial charge in [0.15, 0.2) is 0 Å². The van der Waals surface area contributed by atoms with Crippen molar-refractivity contribution in [1.82, 2.24) is 25.8 Å². The van der Waals surface area contributed by atoms with Crippen molar-refractivity contribution in [3.05, 3.63) is 30.1 Å². The van der Waals surface area contributed by atoms with E-state index in [2.05, 4.69) is 20.9 Å². The van der Waals surface area contributed by atoms with E-state index in [1.165, 1.54) is 0 Å². The number of unbranched alkanes of at least 4 members (excludes halogenated alkanes) is 5. The maximum Gasteiger partial charge on any atom is 0.326 e. The summed E-state index contributed by atoms with van der Waals surface area (Å²) in [6.45, 7) is 0.927. The molecule has 0 spiro atoms. The first kappa shape index (κ1) is 45.9. The van der Waals surface area contributed by atoms with Crippen LogP contribution in [0, 0.1) is 5.92 Å². The zero-order valence-corrected chi connectivity index (χ0v) is 29.9. The molecule has 0 aliphatic carbocycles. The lowest BCUT2D eigenvalue weighted by Crippen LogP contribution is -2.51. The molecule has 0 unspecified atom stereocenters. The number of hydrogen-bond acceptors (Lipinski definition) is 10. The molecule has 0 bridgehead atoms. The van der Waals surface area contributed by atoms with E-state index >= 15 is 0 Å². The second kappa shape index (κ2) is 26.6. The molecule has 1 aromatic rings. The summed E-state index contributed by atoms with van der Waals surface area (Å²) in [7, 11) is 0. The predicted octanol–water partition coefficient (Wildman–Crippen LogP) is 2.50. The summed E-state index contributed by atoms with van der Waals surface area (Å²) in [5.74, 6) is -7.19. The van der Waals surface area contributed by atoms with Gasteiger partial charge in [-0.25, -0.2) is 14.4 Å². The van der Waals surface area contributed by atoms with Crippen molar-refractivity contribution in [1.29, 1.82) is 0 Å². The number of ketones is 1. The number of rotatable bonds is 31. The van der Waals surface area contributed by atoms with Gasteiger partial charge in [-0.2, -0.15) is 0 Å². The number of pyridine rings is 1. The molecule has 1 rings (SSSR count). The fraction of sp³-hybridized carbons (Fsp3) is 0.629. The highest BCUT2D eigenvalue weighted by Gasteiger charge is 2.25. The number of nitrogens with zero attached hydrogens (tertiary/aromatic N) is 2. The first-order valence-corrected chi connectivity index (χ1v) is 17.8. The molecule has 18 heteroatoms. The van der Waals surface area contributed by atoms with E-state index < -0.39 is 60.3 Å². The lowest BCUT2D eigenvalue weighted by molar-refractivity contribution is -0.144. The average Bonchev–Trinajstić information content (AvgIpc) is 3.08. The lowest BCUT2D eigenvalue weighted by atomic mass is 9.94. The number of aromatic nitrogens is 1. The standard InChI is InChI=1S/C35H53N5O13/c41-26(21-24(32(47)48)11-7-10-20-40(23-31(45)46)22-25-12-5-8-18-36-25)13-3-1-2-4-15-29(42)37-19-9-6-14-27(33(49)50)38-35(53)39-28(34(51)52)16-17-30(43)44/h5,8,12,18,24,27-28H,1-4,6-7,9-11,13-17,19-23H2,(H,37,42)(H,43,44)(H,45,46)(H,47,48)(H,49,50)(H,51,52)(H2,38,39,53)/t24-,27+,28+/m1/s1. The number of amides is 3. The Balaban J connectivity index is 2.23. The Labute approximate surface area is 307 Å². The molecule has 1 aromatic heterocycles. The third kappa shape index (κ3) is 23.1. The van der Waals surface area contributed by atoms with Crippen LogP contribution in [0.3, 0.4) is 0 Å². The number of hydrogen-bond donors (Lipinski definition) is 8. The smallest absolute Gasteiger partial charge is 0.326 e. The fourth-order valence-corrected chi connectivity index (χ4v) is 5.43. The fourth-order valence-electron chi connectivity index (χ4n) is 5.43. The molecule has 0 aliphatic rings. The number of aliphatic carboxylic acids is 5. The number of nitrogens with one attached hydrogen (secondary N) is 3. The van der Waals surface area contributed by atoms with Gasteiger partial charge in [-0.15, -0.1) is 0 Å². The van der Waals surface area contributed by atoms with Gasteiger partial charge in [-0.05, 0) is 70.0 Å². The van der Waals surface area contributed by atoms with Crippen molar-refractivity contribution in [3.63, 3.8) is 0 Å². The molecule has 0 fully saturated rings. The minimum atomic E-state index is -1.50. The zero-order chi connectivity index (χ0) is 39.6. The Morgan fingerprint density at radius 2 is 1.30 bits per heavy atom. The number of Topliss-reactive ketones (excluding diaryl/α,β-unsaturated/α-hetero) is 1. The third-order valence-corrected chi connectivity index (χ3v) is 8.28. The Morgan fingerprint density at radius 3 is 1.89 bits per heavy atom. The molecule has 3 atom stereocenters. The van der Waals surface area contributed by atoms with Crippen LogP contribution in [-0.4, -0.2) is 115 Å². The predicted molar refractivity (Wildman–Crippen MR) is 188 cm³/mol. The van der Waals surface area contributed by atoms with Crippen LogP contribution in [-0.2, 0) is 40.1 Å². The summed E-state index contributed by atoms with van der Waals surface area (Å²) in [5, 5.41) is 53.0. The molecule has 1 heterocycles. The molecule has 3 amide bonds. The molecule has 0 saturated heterocycles. The first-order valence-electron chi connectivity index (χ1n) is 17.8. The van der Waals surface area contributed by atoms with Crippen molar-refractivity contribution in [2.24, 2.45) is 5.92 Å². The van der Waals surface area contributed by atoms with Gasteiger partial charge in [0.05, 0.1) is 18.2 Å². The highest BCUT2D eigenvalue weighted by Crippen LogP contribution is 2.17. The molecule has 296 valence electrons. The van der Waals surface area contributed by atoms with Gasteiger partial charge >= 0.3 is 35.9 Å². The number of urea groups is 1. The van der Waals surface area contributed by atoms with Gasteiger partial charge < -0.3 is 41.5 Å². The topological polar surface area (TPSA) is 290 Å². The highest BCUT2D eigenvalue weighted by atomic mass is 16.4. The molecule has 0 aliphatic heterocycles. The van der Waals surface area contributed by atoms with Gasteiger partial charge in [0.2, 0.25) is 5.91 Å². The maximum absolute atomic E-state index is 12.5. The van der Waals surface area contributed by atoms with E-state index in [0.717, 1.165) is 5.69 Å². The number of carboxylic acid groups (broad SMARTS) is 5. The summed E-state index contributed by atoms with van der Waals surface area (Å²) in [6.07, 6.45) is 5.90. The molecule has 18 nitrogen and oxygen atoms in total. The van der Waals surface area contributed by atoms with Gasteiger partial charge in [0.25, 0.3) is 0 Å². The second-order valence-electron chi connectivity index (χ2n) is 12.8. The summed E-state index contributed by atoms with van der Waals surface area (Å²) < 4.78 is 0. The Morgan fingerprint density at radius 1 is 0.660 bits per heavy atom. The van der Waals surface area contributed by atoms with Gasteiger partial charge in [-0.3, -0.25) is 33.9 Å². The minimum Gasteiger partial charge on any atom is -0.481 e. The number of carbonyl (C=O) groups is 8. The molecule has 0 radical (unpaired) electrons. The van der Waals surface area contributed by atoms with Crippen molar-refractivity contribution >= 4 is 47.6 Å². The van der Waals surface area contributed by atoms with Crippen LogP contribution in [0.15, 0.2) is 24.4 Å². The monoisotopic (exact) mass is 751 g/mol. The zero-order valence-electron chi connectivity index (χ0n) is 29.9. The Kier molecular flexibility index (Phi) is 23.0. The van der Waals surface area contributed by atoms with Crippen molar-refractivity contribution in [3.8, 4) is 0 Å². The van der Waals surface area contributed by atoms with E-state index in [4.69, 9.17) is 10.2 Å². The van der Waals surface area contributed by atoms with E-state index in [1.54, 1.807) is 23.2 Å². The van der Waals surface area contributed by atoms with Gasteiger partial charge in [0, 0.05) is 45.0 Å². The van der Waals surface area contributed by atoms with Gasteiger partial charge in [-0.1, -0.05) is 25.3 Å². The van der Waals surface area contributed by atoms with Crippen LogP contribution in [0.1, 0.15) is 102 Å². The summed E-state index contributed by atoms with van der Waals surface area (Å²) in [5.41, 5.74) is 0.735. The summed E-state index contributed by atoms with van der Waals surface area (Å²) in [6, 6.07) is 1.52. The number of carboxylic acids is 5. The third-order valence-electron chi connectivity index (χ3n) is 8.28. The largest absolute Gasteiger partial charge is 0.481 e. The van der Waals surface area contributed by atoms with Crippen molar-refractivity contribution < 1.29 is 63.9 Å². The molecular formula is C35H53N5O13. The van der Waals surface area contributed by atoms with E-state index in [1.807, 2.05) is 6.07 Å². The molecule has 8 N–H and O–H groups in total. The van der Waals surface area contributed by atoms with Crippen LogP contribution >= 0.6 is 0 Å². The van der Waals surface area contributed by atoms with Gasteiger partial charge in [0.1, 0.15) is 17.9 Å². The Hall–Kier alpha value is -5.13. The number of carbonyl (C=O) groups excluding carboxylic acids is 3. The quantitative estimate of drug-likeness (QED) is 0.0506. The SMILES string of the molecule is O=C(O)CC[C@H](NC(=O)N[C@@H](CCCCNC(=O)CCCCCCC(=O)C[C@@H](CCCCN(CC(=O)O)Cc1ccccn1)C(=O)O)C(=O)O)C(=O)O. The first-order chi connectivity index (χ1) is 25.2. The van der Waals surface area contributed by atoms with Crippen LogP contribution in [0.25, 0.3) is 0 Å². The van der Waals surface area contributed by atoms with Crippen LogP contribution in [0.2, 0.25) is 0 Å². The molecule has 0 aromatic carbocycles. The highest BCUT2D eigenvalue weighted by molar-refractivity contribution is 5.86. The molecule has 0 saturated carbocycles. The van der Waals surface area contributed by atoms with E-state index in [-0.39, 0.29) is 56.9 Å². The summed E-state index contributed by atoms with van der Waals surface area (Å²) in [4.78, 5) is 99.1. The van der Waals surface area contributed by atoms with Crippen LogP contribution in [0.4, 0.5) is 4.79 Å². The maximum atomic E-state index is 12.5. The van der Waals surface area contributed by atoms with E-state index in [0.29, 0.717) is 70.9 Å². The minimum absolute atomic E-state index is 0.0119. The normalized spacial score (nSPS) is 12.6. The average molecular weight is 752 g/mol. The van der Waals surface area contributed by atoms with Crippen LogP contribution < -0.4 is 16.0 Å². The van der Waals surface area contributed by atoms with Crippen LogP contribution in [0.5, 0.6) is 0 Å². The van der Waals surface area contributed by atoms with Crippen molar-refractivity contribution in [2.75, 3.05) is 19.6 Å². The molecular weight excluding hydrogens is 698 g/mol. The molecule has 53 heavy (non-hydrogen) atoms. The van der Waals surface area contributed by atoms with E-state index in [9.17, 15) is 53.7 Å². The second-order valence-corrected chi connectivity index (χ2v) is 12.8. The Bertz CT molecular complexity index is 1340. The van der Waals surface area contributed by atoms with Crippen molar-refractivity contribution in [2.45, 2.75) is 115 Å². The summed E-state index contributed by atoms with van der Waals surface area (Å²) >= 11 is 0. The lowest BCUT2D eigenvalue weighted by Gasteiger charge is -2.20.